The number of pyridine rings is 1. The standard InChI is InChI=1S/C13H12ClFN4O/c1-7-3-2-4-9(15)12(7)18-13(20)8-5-10(14)17-11(6-8)19-16/h2-6H,16H2,1H3,(H,17,19)(H,18,20). The van der Waals surface area contributed by atoms with Crippen molar-refractivity contribution in [2.24, 2.45) is 5.84 Å². The molecule has 1 aromatic heterocycles. The van der Waals surface area contributed by atoms with Crippen molar-refractivity contribution in [3.8, 4) is 0 Å². The first-order valence-electron chi connectivity index (χ1n) is 5.72. The molecule has 0 saturated carbocycles. The topological polar surface area (TPSA) is 80.0 Å². The highest BCUT2D eigenvalue weighted by molar-refractivity contribution is 6.30. The molecule has 1 amide bonds. The Kier molecular flexibility index (Phi) is 4.16. The molecule has 4 N–H and O–H groups in total. The molecule has 0 aliphatic heterocycles. The van der Waals surface area contributed by atoms with E-state index in [-0.39, 0.29) is 22.2 Å². The van der Waals surface area contributed by atoms with Gasteiger partial charge in [-0.15, -0.1) is 0 Å². The lowest BCUT2D eigenvalue weighted by Crippen LogP contribution is -2.16. The van der Waals surface area contributed by atoms with Gasteiger partial charge >= 0.3 is 0 Å². The number of para-hydroxylation sites is 1. The number of nitrogens with zero attached hydrogens (tertiary/aromatic N) is 1. The summed E-state index contributed by atoms with van der Waals surface area (Å²) in [7, 11) is 0. The number of carbonyl (C=O) groups is 1. The number of anilines is 2. The van der Waals surface area contributed by atoms with Crippen LogP contribution in [-0.2, 0) is 0 Å². The van der Waals surface area contributed by atoms with Crippen LogP contribution in [-0.4, -0.2) is 10.9 Å². The second-order valence-corrected chi connectivity index (χ2v) is 4.48. The van der Waals surface area contributed by atoms with Crippen LogP contribution in [0.25, 0.3) is 0 Å². The average molecular weight is 295 g/mol. The summed E-state index contributed by atoms with van der Waals surface area (Å²) in [6, 6.07) is 7.32. The number of amides is 1. The number of aryl methyl sites for hydroxylation is 1. The van der Waals surface area contributed by atoms with Gasteiger partial charge < -0.3 is 10.7 Å². The van der Waals surface area contributed by atoms with Crippen molar-refractivity contribution < 1.29 is 9.18 Å². The van der Waals surface area contributed by atoms with Crippen LogP contribution < -0.4 is 16.6 Å². The molecule has 104 valence electrons. The molecule has 7 heteroatoms. The van der Waals surface area contributed by atoms with Gasteiger partial charge in [0.1, 0.15) is 16.8 Å². The highest BCUT2D eigenvalue weighted by Crippen LogP contribution is 2.21. The Morgan fingerprint density at radius 2 is 2.15 bits per heavy atom. The number of carbonyl (C=O) groups excluding carboxylic acids is 1. The van der Waals surface area contributed by atoms with Crippen molar-refractivity contribution in [3.05, 3.63) is 52.4 Å². The zero-order valence-corrected chi connectivity index (χ0v) is 11.3. The van der Waals surface area contributed by atoms with E-state index in [1.165, 1.54) is 18.2 Å². The third-order valence-electron chi connectivity index (χ3n) is 2.66. The maximum absolute atomic E-state index is 13.7. The van der Waals surface area contributed by atoms with Crippen LogP contribution in [0.3, 0.4) is 0 Å². The minimum atomic E-state index is -0.504. The predicted molar refractivity (Wildman–Crippen MR) is 76.1 cm³/mol. The Morgan fingerprint density at radius 3 is 2.80 bits per heavy atom. The smallest absolute Gasteiger partial charge is 0.255 e. The van der Waals surface area contributed by atoms with Crippen molar-refractivity contribution in [2.45, 2.75) is 6.92 Å². The number of hydrogen-bond acceptors (Lipinski definition) is 4. The van der Waals surface area contributed by atoms with E-state index in [1.807, 2.05) is 0 Å². The molecular formula is C13H12ClFN4O. The van der Waals surface area contributed by atoms with Gasteiger partial charge in [-0.1, -0.05) is 23.7 Å². The van der Waals surface area contributed by atoms with Crippen LogP contribution in [0.4, 0.5) is 15.9 Å². The molecule has 1 aromatic carbocycles. The van der Waals surface area contributed by atoms with E-state index in [4.69, 9.17) is 17.4 Å². The third-order valence-corrected chi connectivity index (χ3v) is 2.86. The maximum atomic E-state index is 13.7. The summed E-state index contributed by atoms with van der Waals surface area (Å²) in [5, 5.41) is 2.61. The average Bonchev–Trinajstić information content (AvgIpc) is 2.42. The van der Waals surface area contributed by atoms with E-state index >= 15 is 0 Å². The van der Waals surface area contributed by atoms with Crippen molar-refractivity contribution in [1.29, 1.82) is 0 Å². The molecule has 1 heterocycles. The molecular weight excluding hydrogens is 283 g/mol. The number of rotatable bonds is 3. The lowest BCUT2D eigenvalue weighted by Gasteiger charge is -2.10. The Hall–Kier alpha value is -2.18. The van der Waals surface area contributed by atoms with Gasteiger partial charge in [0.2, 0.25) is 0 Å². The van der Waals surface area contributed by atoms with Crippen LogP contribution in [0.15, 0.2) is 30.3 Å². The lowest BCUT2D eigenvalue weighted by atomic mass is 10.1. The summed E-state index contributed by atoms with van der Waals surface area (Å²) in [6.45, 7) is 1.70. The van der Waals surface area contributed by atoms with Gasteiger partial charge in [0.15, 0.2) is 0 Å². The first kappa shape index (κ1) is 14.2. The maximum Gasteiger partial charge on any atom is 0.255 e. The lowest BCUT2D eigenvalue weighted by molar-refractivity contribution is 0.102. The first-order chi connectivity index (χ1) is 9.51. The first-order valence-corrected chi connectivity index (χ1v) is 6.09. The van der Waals surface area contributed by atoms with E-state index in [1.54, 1.807) is 19.1 Å². The van der Waals surface area contributed by atoms with Crippen molar-refractivity contribution in [2.75, 3.05) is 10.7 Å². The third kappa shape index (κ3) is 3.04. The van der Waals surface area contributed by atoms with E-state index in [0.29, 0.717) is 5.56 Å². The Balaban J connectivity index is 2.31. The molecule has 0 spiro atoms. The van der Waals surface area contributed by atoms with Gasteiger partial charge in [-0.05, 0) is 30.7 Å². The fourth-order valence-corrected chi connectivity index (χ4v) is 1.89. The van der Waals surface area contributed by atoms with E-state index in [2.05, 4.69) is 15.7 Å². The fraction of sp³-hybridized carbons (Fsp3) is 0.0769. The van der Waals surface area contributed by atoms with Crippen LogP contribution in [0.1, 0.15) is 15.9 Å². The fourth-order valence-electron chi connectivity index (χ4n) is 1.68. The number of nitrogens with one attached hydrogen (secondary N) is 2. The SMILES string of the molecule is Cc1cccc(F)c1NC(=O)c1cc(Cl)nc(NN)c1. The number of nitrogens with two attached hydrogens (primary N) is 1. The van der Waals surface area contributed by atoms with Crippen molar-refractivity contribution in [3.63, 3.8) is 0 Å². The van der Waals surface area contributed by atoms with Crippen molar-refractivity contribution in [1.82, 2.24) is 4.98 Å². The van der Waals surface area contributed by atoms with Gasteiger partial charge in [0, 0.05) is 5.56 Å². The zero-order valence-electron chi connectivity index (χ0n) is 10.6. The summed E-state index contributed by atoms with van der Waals surface area (Å²) in [6.07, 6.45) is 0. The summed E-state index contributed by atoms with van der Waals surface area (Å²) in [5.74, 6) is 4.46. The summed E-state index contributed by atoms with van der Waals surface area (Å²) in [5.41, 5.74) is 3.28. The van der Waals surface area contributed by atoms with E-state index in [0.717, 1.165) is 0 Å². The molecule has 2 rings (SSSR count). The van der Waals surface area contributed by atoms with Gasteiger partial charge in [-0.3, -0.25) is 4.79 Å². The second-order valence-electron chi connectivity index (χ2n) is 4.09. The van der Waals surface area contributed by atoms with E-state index in [9.17, 15) is 9.18 Å². The monoisotopic (exact) mass is 294 g/mol. The van der Waals surface area contributed by atoms with Gasteiger partial charge in [0.05, 0.1) is 5.69 Å². The Labute approximate surface area is 119 Å². The molecule has 0 fully saturated rings. The molecule has 0 saturated heterocycles. The summed E-state index contributed by atoms with van der Waals surface area (Å²) < 4.78 is 13.7. The summed E-state index contributed by atoms with van der Waals surface area (Å²) in [4.78, 5) is 16.0. The normalized spacial score (nSPS) is 10.2. The Morgan fingerprint density at radius 1 is 1.40 bits per heavy atom. The van der Waals surface area contributed by atoms with Gasteiger partial charge in [-0.2, -0.15) is 0 Å². The molecule has 0 radical (unpaired) electrons. The molecule has 2 aromatic rings. The van der Waals surface area contributed by atoms with Crippen molar-refractivity contribution >= 4 is 29.0 Å². The summed E-state index contributed by atoms with van der Waals surface area (Å²) >= 11 is 5.78. The quantitative estimate of drug-likeness (QED) is 0.462. The molecule has 0 atom stereocenters. The number of hydrazine groups is 1. The number of nitrogen functional groups attached to an aromatic ring is 1. The number of aromatic nitrogens is 1. The molecule has 0 bridgehead atoms. The number of hydrogen-bond donors (Lipinski definition) is 3. The molecule has 0 unspecified atom stereocenters. The Bertz CT molecular complexity index is 643. The minimum absolute atomic E-state index is 0.107. The zero-order chi connectivity index (χ0) is 14.7. The molecule has 5 nitrogen and oxygen atoms in total. The van der Waals surface area contributed by atoms with Gasteiger partial charge in [0.25, 0.3) is 5.91 Å². The highest BCUT2D eigenvalue weighted by Gasteiger charge is 2.13. The minimum Gasteiger partial charge on any atom is -0.319 e. The van der Waals surface area contributed by atoms with Crippen LogP contribution >= 0.6 is 11.6 Å². The van der Waals surface area contributed by atoms with Crippen LogP contribution in [0.2, 0.25) is 5.15 Å². The number of halogens is 2. The molecule has 0 aliphatic carbocycles. The van der Waals surface area contributed by atoms with Crippen LogP contribution in [0.5, 0.6) is 0 Å². The molecule has 0 aliphatic rings. The number of benzene rings is 1. The van der Waals surface area contributed by atoms with Gasteiger partial charge in [-0.25, -0.2) is 15.2 Å². The second kappa shape index (κ2) is 5.85. The molecule has 20 heavy (non-hydrogen) atoms. The van der Waals surface area contributed by atoms with Crippen LogP contribution in [0, 0.1) is 12.7 Å². The predicted octanol–water partition coefficient (Wildman–Crippen LogP) is 2.72. The van der Waals surface area contributed by atoms with E-state index < -0.39 is 11.7 Å². The largest absolute Gasteiger partial charge is 0.319 e. The highest BCUT2D eigenvalue weighted by atomic mass is 35.5.